The summed E-state index contributed by atoms with van der Waals surface area (Å²) in [5.74, 6) is 0.627. The molecule has 0 saturated heterocycles. The maximum Gasteiger partial charge on any atom is 0.227 e. The molecule has 0 bridgehead atoms. The molecule has 4 heteroatoms. The van der Waals surface area contributed by atoms with Gasteiger partial charge in [0.2, 0.25) is 5.89 Å². The first-order valence-corrected chi connectivity index (χ1v) is 7.22. The summed E-state index contributed by atoms with van der Waals surface area (Å²) in [6.07, 6.45) is 0. The van der Waals surface area contributed by atoms with Crippen molar-refractivity contribution >= 4 is 22.5 Å². The highest BCUT2D eigenvalue weighted by molar-refractivity contribution is 5.79. The van der Waals surface area contributed by atoms with Crippen LogP contribution in [0.25, 0.3) is 22.6 Å². The van der Waals surface area contributed by atoms with Gasteiger partial charge < -0.3 is 15.1 Å². The van der Waals surface area contributed by atoms with E-state index in [0.717, 1.165) is 29.8 Å². The number of nitrogen functional groups attached to an aromatic ring is 1. The number of rotatable bonds is 4. The van der Waals surface area contributed by atoms with Crippen molar-refractivity contribution in [2.24, 2.45) is 0 Å². The molecule has 0 radical (unpaired) electrons. The van der Waals surface area contributed by atoms with Crippen LogP contribution in [0.4, 0.5) is 11.4 Å². The molecule has 0 aliphatic rings. The van der Waals surface area contributed by atoms with Crippen molar-refractivity contribution in [3.63, 3.8) is 0 Å². The molecular formula is C17H19N3O. The molecule has 0 saturated carbocycles. The van der Waals surface area contributed by atoms with Gasteiger partial charge in [-0.15, -0.1) is 0 Å². The zero-order valence-electron chi connectivity index (χ0n) is 12.3. The Bertz CT molecular complexity index is 742. The van der Waals surface area contributed by atoms with Gasteiger partial charge in [-0.05, 0) is 56.3 Å². The molecule has 3 rings (SSSR count). The van der Waals surface area contributed by atoms with E-state index < -0.39 is 0 Å². The lowest BCUT2D eigenvalue weighted by Crippen LogP contribution is -2.21. The number of fused-ring (bicyclic) bond motifs is 1. The fourth-order valence-corrected chi connectivity index (χ4v) is 2.47. The van der Waals surface area contributed by atoms with Crippen molar-refractivity contribution in [3.05, 3.63) is 42.5 Å². The normalized spacial score (nSPS) is 11.0. The number of hydrogen-bond acceptors (Lipinski definition) is 4. The van der Waals surface area contributed by atoms with Crippen LogP contribution >= 0.6 is 0 Å². The predicted molar refractivity (Wildman–Crippen MR) is 87.4 cm³/mol. The molecule has 3 aromatic rings. The lowest BCUT2D eigenvalue weighted by Gasteiger charge is -2.20. The van der Waals surface area contributed by atoms with Gasteiger partial charge in [0.15, 0.2) is 5.58 Å². The van der Waals surface area contributed by atoms with Crippen molar-refractivity contribution in [2.75, 3.05) is 23.7 Å². The maximum atomic E-state index is 5.78. The minimum atomic E-state index is 0.627. The molecule has 1 heterocycles. The summed E-state index contributed by atoms with van der Waals surface area (Å²) in [5.41, 5.74) is 10.2. The van der Waals surface area contributed by atoms with Gasteiger partial charge in [0.25, 0.3) is 0 Å². The van der Waals surface area contributed by atoms with E-state index in [9.17, 15) is 0 Å². The summed E-state index contributed by atoms with van der Waals surface area (Å²) in [5, 5.41) is 0. The zero-order valence-corrected chi connectivity index (χ0v) is 12.3. The van der Waals surface area contributed by atoms with E-state index in [1.54, 1.807) is 0 Å². The smallest absolute Gasteiger partial charge is 0.227 e. The van der Waals surface area contributed by atoms with E-state index in [1.807, 2.05) is 30.3 Å². The average Bonchev–Trinajstić information content (AvgIpc) is 2.92. The van der Waals surface area contributed by atoms with Crippen LogP contribution in [0.15, 0.2) is 46.9 Å². The molecule has 1 aromatic heterocycles. The van der Waals surface area contributed by atoms with Gasteiger partial charge in [-0.1, -0.05) is 0 Å². The standard InChI is InChI=1S/C17H19N3O/c1-3-20(4-2)14-8-5-12(6-9-14)17-19-15-11-13(18)7-10-16(15)21-17/h5-11H,3-4,18H2,1-2H3. The van der Waals surface area contributed by atoms with Gasteiger partial charge >= 0.3 is 0 Å². The average molecular weight is 281 g/mol. The van der Waals surface area contributed by atoms with E-state index >= 15 is 0 Å². The molecular weight excluding hydrogens is 262 g/mol. The Morgan fingerprint density at radius 3 is 2.43 bits per heavy atom. The molecule has 2 aromatic carbocycles. The van der Waals surface area contributed by atoms with Crippen LogP contribution in [-0.4, -0.2) is 18.1 Å². The third kappa shape index (κ3) is 2.57. The van der Waals surface area contributed by atoms with Crippen LogP contribution in [0, 0.1) is 0 Å². The zero-order chi connectivity index (χ0) is 14.8. The highest BCUT2D eigenvalue weighted by Gasteiger charge is 2.09. The molecule has 2 N–H and O–H groups in total. The van der Waals surface area contributed by atoms with Crippen molar-refractivity contribution in [1.29, 1.82) is 0 Å². The number of nitrogens with zero attached hydrogens (tertiary/aromatic N) is 2. The lowest BCUT2D eigenvalue weighted by atomic mass is 10.2. The summed E-state index contributed by atoms with van der Waals surface area (Å²) in [6, 6.07) is 13.8. The van der Waals surface area contributed by atoms with Crippen molar-refractivity contribution < 1.29 is 4.42 Å². The van der Waals surface area contributed by atoms with Gasteiger partial charge in [0.05, 0.1) is 0 Å². The monoisotopic (exact) mass is 281 g/mol. The third-order valence-electron chi connectivity index (χ3n) is 3.65. The molecule has 108 valence electrons. The lowest BCUT2D eigenvalue weighted by molar-refractivity contribution is 0.620. The van der Waals surface area contributed by atoms with Crippen LogP contribution in [0.2, 0.25) is 0 Å². The molecule has 0 spiro atoms. The van der Waals surface area contributed by atoms with Gasteiger partial charge in [-0.2, -0.15) is 0 Å². The highest BCUT2D eigenvalue weighted by Crippen LogP contribution is 2.27. The molecule has 0 amide bonds. The molecule has 0 atom stereocenters. The molecule has 0 unspecified atom stereocenters. The summed E-state index contributed by atoms with van der Waals surface area (Å²) in [7, 11) is 0. The fourth-order valence-electron chi connectivity index (χ4n) is 2.47. The number of aromatic nitrogens is 1. The van der Waals surface area contributed by atoms with Gasteiger partial charge in [0, 0.05) is 30.0 Å². The summed E-state index contributed by atoms with van der Waals surface area (Å²) in [4.78, 5) is 6.80. The molecule has 0 aliphatic heterocycles. The van der Waals surface area contributed by atoms with E-state index in [-0.39, 0.29) is 0 Å². The molecule has 21 heavy (non-hydrogen) atoms. The Morgan fingerprint density at radius 1 is 1.05 bits per heavy atom. The SMILES string of the molecule is CCN(CC)c1ccc(-c2nc3cc(N)ccc3o2)cc1. The third-order valence-corrected chi connectivity index (χ3v) is 3.65. The number of benzene rings is 2. The summed E-state index contributed by atoms with van der Waals surface area (Å²) >= 11 is 0. The molecule has 4 nitrogen and oxygen atoms in total. The number of hydrogen-bond donors (Lipinski definition) is 1. The molecule has 0 fully saturated rings. The topological polar surface area (TPSA) is 55.3 Å². The van der Waals surface area contributed by atoms with E-state index in [4.69, 9.17) is 10.2 Å². The van der Waals surface area contributed by atoms with Gasteiger partial charge in [0.1, 0.15) is 5.52 Å². The van der Waals surface area contributed by atoms with E-state index in [0.29, 0.717) is 11.6 Å². The predicted octanol–water partition coefficient (Wildman–Crippen LogP) is 3.92. The summed E-state index contributed by atoms with van der Waals surface area (Å²) < 4.78 is 5.78. The molecule has 0 aliphatic carbocycles. The van der Waals surface area contributed by atoms with E-state index in [2.05, 4.69) is 35.9 Å². The van der Waals surface area contributed by atoms with Crippen molar-refractivity contribution in [3.8, 4) is 11.5 Å². The van der Waals surface area contributed by atoms with Crippen LogP contribution < -0.4 is 10.6 Å². The van der Waals surface area contributed by atoms with Crippen LogP contribution in [0.3, 0.4) is 0 Å². The Balaban J connectivity index is 1.95. The second-order valence-corrected chi connectivity index (χ2v) is 4.97. The Morgan fingerprint density at radius 2 is 1.76 bits per heavy atom. The minimum absolute atomic E-state index is 0.627. The number of anilines is 2. The second-order valence-electron chi connectivity index (χ2n) is 4.97. The van der Waals surface area contributed by atoms with Crippen LogP contribution in [-0.2, 0) is 0 Å². The van der Waals surface area contributed by atoms with E-state index in [1.165, 1.54) is 5.69 Å². The first-order chi connectivity index (χ1) is 10.2. The Labute approximate surface area is 124 Å². The second kappa shape index (κ2) is 5.48. The Hall–Kier alpha value is -2.49. The van der Waals surface area contributed by atoms with Crippen LogP contribution in [0.5, 0.6) is 0 Å². The fraction of sp³-hybridized carbons (Fsp3) is 0.235. The first-order valence-electron chi connectivity index (χ1n) is 7.22. The summed E-state index contributed by atoms with van der Waals surface area (Å²) in [6.45, 7) is 6.31. The van der Waals surface area contributed by atoms with Gasteiger partial charge in [-0.25, -0.2) is 4.98 Å². The number of nitrogens with two attached hydrogens (primary N) is 1. The number of oxazole rings is 1. The minimum Gasteiger partial charge on any atom is -0.436 e. The Kier molecular flexibility index (Phi) is 3.52. The van der Waals surface area contributed by atoms with Crippen LogP contribution in [0.1, 0.15) is 13.8 Å². The van der Waals surface area contributed by atoms with Crippen molar-refractivity contribution in [1.82, 2.24) is 4.98 Å². The first kappa shape index (κ1) is 13.5. The maximum absolute atomic E-state index is 5.78. The highest BCUT2D eigenvalue weighted by atomic mass is 16.3. The quantitative estimate of drug-likeness (QED) is 0.736. The van der Waals surface area contributed by atoms with Gasteiger partial charge in [-0.3, -0.25) is 0 Å². The largest absolute Gasteiger partial charge is 0.436 e. The van der Waals surface area contributed by atoms with Crippen molar-refractivity contribution in [2.45, 2.75) is 13.8 Å².